The summed E-state index contributed by atoms with van der Waals surface area (Å²) in [5.74, 6) is -0.973. The van der Waals surface area contributed by atoms with Crippen molar-refractivity contribution in [3.63, 3.8) is 0 Å². The van der Waals surface area contributed by atoms with E-state index < -0.39 is 11.6 Å². The van der Waals surface area contributed by atoms with Gasteiger partial charge in [0.2, 0.25) is 0 Å². The largest absolute Gasteiger partial charge is 0.354 e. The molecule has 84 valence electrons. The van der Waals surface area contributed by atoms with Crippen molar-refractivity contribution < 1.29 is 8.78 Å². The zero-order valence-corrected chi connectivity index (χ0v) is 8.87. The first-order chi connectivity index (χ1) is 7.75. The third kappa shape index (κ3) is 2.69. The molecule has 0 radical (unpaired) electrons. The van der Waals surface area contributed by atoms with E-state index in [1.54, 1.807) is 0 Å². The van der Waals surface area contributed by atoms with Crippen LogP contribution < -0.4 is 0 Å². The Hall–Kier alpha value is -1.64. The van der Waals surface area contributed by atoms with Crippen molar-refractivity contribution in [2.75, 3.05) is 0 Å². The van der Waals surface area contributed by atoms with Crippen LogP contribution in [0.2, 0.25) is 0 Å². The molecule has 0 aliphatic rings. The molecule has 0 N–H and O–H groups in total. The van der Waals surface area contributed by atoms with Crippen LogP contribution in [0, 0.1) is 11.6 Å². The Morgan fingerprint density at radius 3 is 2.50 bits per heavy atom. The molecule has 0 atom stereocenters. The minimum Gasteiger partial charge on any atom is -0.354 e. The summed E-state index contributed by atoms with van der Waals surface area (Å²) in [6.45, 7) is 0.851. The number of hydrogen-bond donors (Lipinski definition) is 0. The van der Waals surface area contributed by atoms with Crippen molar-refractivity contribution in [2.24, 2.45) is 0 Å². The maximum absolute atomic E-state index is 13.3. The lowest BCUT2D eigenvalue weighted by Crippen LogP contribution is -1.98. The molecule has 1 heterocycles. The number of rotatable bonds is 4. The van der Waals surface area contributed by atoms with E-state index >= 15 is 0 Å². The van der Waals surface area contributed by atoms with Crippen LogP contribution in [-0.4, -0.2) is 4.57 Å². The van der Waals surface area contributed by atoms with E-state index in [0.29, 0.717) is 12.0 Å². The third-order valence-electron chi connectivity index (χ3n) is 2.54. The molecule has 0 aliphatic heterocycles. The minimum atomic E-state index is -0.522. The van der Waals surface area contributed by atoms with Gasteiger partial charge in [0.05, 0.1) is 0 Å². The Labute approximate surface area is 93.3 Å². The number of aryl methyl sites for hydroxylation is 2. The van der Waals surface area contributed by atoms with Crippen LogP contribution in [0.1, 0.15) is 12.0 Å². The second kappa shape index (κ2) is 4.92. The summed E-state index contributed by atoms with van der Waals surface area (Å²) in [6, 6.07) is 7.66. The van der Waals surface area contributed by atoms with E-state index in [2.05, 4.69) is 0 Å². The summed E-state index contributed by atoms with van der Waals surface area (Å²) in [5.41, 5.74) is 0.577. The van der Waals surface area contributed by atoms with Crippen LogP contribution in [0.3, 0.4) is 0 Å². The molecule has 1 aromatic heterocycles. The molecule has 0 saturated heterocycles. The molecular formula is C13H13F2N. The first-order valence-corrected chi connectivity index (χ1v) is 5.30. The highest BCUT2D eigenvalue weighted by Crippen LogP contribution is 2.12. The third-order valence-corrected chi connectivity index (χ3v) is 2.54. The zero-order valence-electron chi connectivity index (χ0n) is 8.87. The molecule has 0 amide bonds. The monoisotopic (exact) mass is 221 g/mol. The standard InChI is InChI=1S/C13H13F2N/c14-12-6-5-11(13(15)10-12)4-3-9-16-7-1-2-8-16/h1-2,5-8,10H,3-4,9H2. The number of halogens is 2. The van der Waals surface area contributed by atoms with Crippen LogP contribution in [0.25, 0.3) is 0 Å². The quantitative estimate of drug-likeness (QED) is 0.745. The van der Waals surface area contributed by atoms with Crippen LogP contribution in [-0.2, 0) is 13.0 Å². The van der Waals surface area contributed by atoms with Gasteiger partial charge in [0, 0.05) is 25.0 Å². The Morgan fingerprint density at radius 1 is 1.06 bits per heavy atom. The van der Waals surface area contributed by atoms with Gasteiger partial charge in [-0.15, -0.1) is 0 Å². The molecule has 1 nitrogen and oxygen atoms in total. The molecule has 2 rings (SSSR count). The predicted octanol–water partition coefficient (Wildman–Crippen LogP) is 3.40. The summed E-state index contributed by atoms with van der Waals surface area (Å²) in [4.78, 5) is 0. The molecule has 0 aliphatic carbocycles. The highest BCUT2D eigenvalue weighted by atomic mass is 19.1. The fraction of sp³-hybridized carbons (Fsp3) is 0.231. The summed E-state index contributed by atoms with van der Waals surface area (Å²) >= 11 is 0. The van der Waals surface area contributed by atoms with E-state index in [9.17, 15) is 8.78 Å². The Morgan fingerprint density at radius 2 is 1.81 bits per heavy atom. The van der Waals surface area contributed by atoms with Gasteiger partial charge in [-0.3, -0.25) is 0 Å². The van der Waals surface area contributed by atoms with Gasteiger partial charge in [0.1, 0.15) is 11.6 Å². The van der Waals surface area contributed by atoms with Gasteiger partial charge in [0.15, 0.2) is 0 Å². The molecule has 0 saturated carbocycles. The Balaban J connectivity index is 1.90. The van der Waals surface area contributed by atoms with Crippen molar-refractivity contribution in [1.29, 1.82) is 0 Å². The molecule has 2 aromatic rings. The maximum Gasteiger partial charge on any atom is 0.129 e. The topological polar surface area (TPSA) is 4.93 Å². The van der Waals surface area contributed by atoms with E-state index in [4.69, 9.17) is 0 Å². The van der Waals surface area contributed by atoms with E-state index in [0.717, 1.165) is 19.0 Å². The van der Waals surface area contributed by atoms with Crippen LogP contribution in [0.5, 0.6) is 0 Å². The van der Waals surface area contributed by atoms with Crippen molar-refractivity contribution in [3.8, 4) is 0 Å². The summed E-state index contributed by atoms with van der Waals surface area (Å²) < 4.78 is 28.0. The summed E-state index contributed by atoms with van der Waals surface area (Å²) in [6.07, 6.45) is 5.42. The van der Waals surface area contributed by atoms with Gasteiger partial charge in [-0.25, -0.2) is 8.78 Å². The normalized spacial score (nSPS) is 10.6. The highest BCUT2D eigenvalue weighted by molar-refractivity contribution is 5.18. The van der Waals surface area contributed by atoms with E-state index in [1.165, 1.54) is 12.1 Å². The smallest absolute Gasteiger partial charge is 0.129 e. The van der Waals surface area contributed by atoms with E-state index in [1.807, 2.05) is 29.1 Å². The molecule has 0 spiro atoms. The number of hydrogen-bond acceptors (Lipinski definition) is 0. The first-order valence-electron chi connectivity index (χ1n) is 5.30. The van der Waals surface area contributed by atoms with Crippen LogP contribution in [0.15, 0.2) is 42.7 Å². The molecule has 0 fully saturated rings. The fourth-order valence-corrected chi connectivity index (χ4v) is 1.70. The number of benzene rings is 1. The lowest BCUT2D eigenvalue weighted by Gasteiger charge is -2.04. The maximum atomic E-state index is 13.3. The summed E-state index contributed by atoms with van der Waals surface area (Å²) in [5, 5.41) is 0. The highest BCUT2D eigenvalue weighted by Gasteiger charge is 2.03. The minimum absolute atomic E-state index is 0.451. The molecule has 0 bridgehead atoms. The summed E-state index contributed by atoms with van der Waals surface area (Å²) in [7, 11) is 0. The van der Waals surface area contributed by atoms with Gasteiger partial charge in [-0.05, 0) is 36.6 Å². The lowest BCUT2D eigenvalue weighted by molar-refractivity contribution is 0.561. The molecular weight excluding hydrogens is 208 g/mol. The van der Waals surface area contributed by atoms with Crippen molar-refractivity contribution >= 4 is 0 Å². The molecule has 0 unspecified atom stereocenters. The lowest BCUT2D eigenvalue weighted by atomic mass is 10.1. The predicted molar refractivity (Wildman–Crippen MR) is 59.1 cm³/mol. The van der Waals surface area contributed by atoms with Gasteiger partial charge < -0.3 is 4.57 Å². The SMILES string of the molecule is Fc1ccc(CCCn2cccc2)c(F)c1. The van der Waals surface area contributed by atoms with E-state index in [-0.39, 0.29) is 0 Å². The van der Waals surface area contributed by atoms with Crippen molar-refractivity contribution in [1.82, 2.24) is 4.57 Å². The molecule has 3 heteroatoms. The Bertz CT molecular complexity index is 449. The molecule has 16 heavy (non-hydrogen) atoms. The second-order valence-electron chi connectivity index (χ2n) is 3.76. The van der Waals surface area contributed by atoms with Crippen LogP contribution in [0.4, 0.5) is 8.78 Å². The van der Waals surface area contributed by atoms with Gasteiger partial charge in [-0.2, -0.15) is 0 Å². The van der Waals surface area contributed by atoms with Crippen molar-refractivity contribution in [3.05, 3.63) is 59.9 Å². The number of aromatic nitrogens is 1. The van der Waals surface area contributed by atoms with Gasteiger partial charge in [0.25, 0.3) is 0 Å². The average Bonchev–Trinajstić information content (AvgIpc) is 2.74. The van der Waals surface area contributed by atoms with Gasteiger partial charge in [-0.1, -0.05) is 6.07 Å². The Kier molecular flexibility index (Phi) is 3.34. The fourth-order valence-electron chi connectivity index (χ4n) is 1.70. The van der Waals surface area contributed by atoms with Crippen LogP contribution >= 0.6 is 0 Å². The number of nitrogens with zero attached hydrogens (tertiary/aromatic N) is 1. The molecule has 1 aromatic carbocycles. The van der Waals surface area contributed by atoms with Crippen molar-refractivity contribution in [2.45, 2.75) is 19.4 Å². The van der Waals surface area contributed by atoms with Gasteiger partial charge >= 0.3 is 0 Å². The zero-order chi connectivity index (χ0) is 11.4. The second-order valence-corrected chi connectivity index (χ2v) is 3.76. The first kappa shape index (κ1) is 10.9. The average molecular weight is 221 g/mol.